The topological polar surface area (TPSA) is 67.2 Å². The second kappa shape index (κ2) is 9.34. The molecule has 1 aromatic heterocycles. The quantitative estimate of drug-likeness (QED) is 0.276. The van der Waals surface area contributed by atoms with Crippen molar-refractivity contribution in [3.63, 3.8) is 0 Å². The minimum atomic E-state index is -0.333. The molecule has 7 heteroatoms. The van der Waals surface area contributed by atoms with Gasteiger partial charge in [0.15, 0.2) is 10.7 Å². The first-order chi connectivity index (χ1) is 15.4. The number of aryl methyl sites for hydroxylation is 2. The molecule has 4 rings (SSSR count). The van der Waals surface area contributed by atoms with Crippen molar-refractivity contribution in [2.75, 3.05) is 5.32 Å². The van der Waals surface area contributed by atoms with Gasteiger partial charge in [0.1, 0.15) is 5.52 Å². The maximum atomic E-state index is 12.2. The molecule has 0 atom stereocenters. The van der Waals surface area contributed by atoms with Crippen molar-refractivity contribution in [3.05, 3.63) is 88.5 Å². The Kier molecular flexibility index (Phi) is 6.35. The van der Waals surface area contributed by atoms with E-state index in [2.05, 4.69) is 15.6 Å². The third-order valence-electron chi connectivity index (χ3n) is 4.81. The molecule has 4 aromatic rings. The van der Waals surface area contributed by atoms with Crippen molar-refractivity contribution in [3.8, 4) is 11.5 Å². The zero-order valence-corrected chi connectivity index (χ0v) is 19.1. The van der Waals surface area contributed by atoms with E-state index < -0.39 is 0 Å². The third-order valence-corrected chi connectivity index (χ3v) is 5.27. The Morgan fingerprint density at radius 3 is 2.62 bits per heavy atom. The molecule has 1 amide bonds. The number of fused-ring (bicyclic) bond motifs is 1. The Labute approximate surface area is 196 Å². The minimum Gasteiger partial charge on any atom is -0.436 e. The molecular formula is C25H20ClN3O2S. The summed E-state index contributed by atoms with van der Waals surface area (Å²) >= 11 is 11.2. The van der Waals surface area contributed by atoms with E-state index in [-0.39, 0.29) is 11.0 Å². The lowest BCUT2D eigenvalue weighted by Crippen LogP contribution is -2.33. The second-order valence-corrected chi connectivity index (χ2v) is 8.19. The Morgan fingerprint density at radius 1 is 1.06 bits per heavy atom. The van der Waals surface area contributed by atoms with Crippen LogP contribution in [0.15, 0.2) is 71.2 Å². The average molecular weight is 462 g/mol. The largest absolute Gasteiger partial charge is 0.436 e. The fourth-order valence-corrected chi connectivity index (χ4v) is 3.44. The number of thiocarbonyl (C=S) groups is 1. The van der Waals surface area contributed by atoms with E-state index >= 15 is 0 Å². The maximum Gasteiger partial charge on any atom is 0.250 e. The van der Waals surface area contributed by atoms with Crippen LogP contribution < -0.4 is 10.6 Å². The highest BCUT2D eigenvalue weighted by Gasteiger charge is 2.11. The minimum absolute atomic E-state index is 0.198. The average Bonchev–Trinajstić information content (AvgIpc) is 3.18. The number of hydrogen-bond acceptors (Lipinski definition) is 4. The predicted molar refractivity (Wildman–Crippen MR) is 134 cm³/mol. The van der Waals surface area contributed by atoms with Gasteiger partial charge < -0.3 is 9.73 Å². The number of benzene rings is 3. The fourth-order valence-electron chi connectivity index (χ4n) is 3.10. The first kappa shape index (κ1) is 21.7. The number of rotatable bonds is 4. The van der Waals surface area contributed by atoms with Gasteiger partial charge in [0.2, 0.25) is 11.8 Å². The number of hydrogen-bond donors (Lipinski definition) is 2. The summed E-state index contributed by atoms with van der Waals surface area (Å²) in [6, 6.07) is 18.8. The highest BCUT2D eigenvalue weighted by molar-refractivity contribution is 7.80. The lowest BCUT2D eigenvalue weighted by Gasteiger charge is -2.11. The summed E-state index contributed by atoms with van der Waals surface area (Å²) < 4.78 is 5.90. The summed E-state index contributed by atoms with van der Waals surface area (Å²) in [5.41, 5.74) is 6.06. The molecule has 0 spiro atoms. The Bertz CT molecular complexity index is 1340. The van der Waals surface area contributed by atoms with E-state index in [1.54, 1.807) is 18.2 Å². The summed E-state index contributed by atoms with van der Waals surface area (Å²) in [4.78, 5) is 16.8. The number of amides is 1. The molecule has 1 heterocycles. The van der Waals surface area contributed by atoms with Crippen LogP contribution in [-0.2, 0) is 4.79 Å². The number of nitrogens with zero attached hydrogens (tertiary/aromatic N) is 1. The van der Waals surface area contributed by atoms with Crippen LogP contribution in [0.2, 0.25) is 5.02 Å². The third kappa shape index (κ3) is 5.22. The van der Waals surface area contributed by atoms with Crippen molar-refractivity contribution in [1.29, 1.82) is 0 Å². The summed E-state index contributed by atoms with van der Waals surface area (Å²) in [5, 5.41) is 6.57. The van der Waals surface area contributed by atoms with Gasteiger partial charge in [0.25, 0.3) is 0 Å². The van der Waals surface area contributed by atoms with Crippen LogP contribution in [0.5, 0.6) is 0 Å². The van der Waals surface area contributed by atoms with Crippen molar-refractivity contribution in [2.45, 2.75) is 13.8 Å². The second-order valence-electron chi connectivity index (χ2n) is 7.35. The molecule has 0 aliphatic rings. The van der Waals surface area contributed by atoms with Crippen LogP contribution >= 0.6 is 23.8 Å². The van der Waals surface area contributed by atoms with Crippen molar-refractivity contribution >= 4 is 57.7 Å². The van der Waals surface area contributed by atoms with Gasteiger partial charge in [-0.3, -0.25) is 10.1 Å². The molecule has 0 saturated heterocycles. The molecule has 3 aromatic carbocycles. The predicted octanol–water partition coefficient (Wildman–Crippen LogP) is 6.29. The van der Waals surface area contributed by atoms with Crippen LogP contribution in [0.1, 0.15) is 16.7 Å². The zero-order valence-electron chi connectivity index (χ0n) is 17.5. The van der Waals surface area contributed by atoms with Gasteiger partial charge in [-0.25, -0.2) is 4.98 Å². The molecule has 0 radical (unpaired) electrons. The van der Waals surface area contributed by atoms with Gasteiger partial charge in [-0.2, -0.15) is 0 Å². The molecule has 0 saturated carbocycles. The van der Waals surface area contributed by atoms with E-state index in [1.165, 1.54) is 6.08 Å². The number of halogens is 1. The number of oxazole rings is 1. The number of anilines is 1. The highest BCUT2D eigenvalue weighted by Crippen LogP contribution is 2.28. The van der Waals surface area contributed by atoms with E-state index in [0.717, 1.165) is 39.0 Å². The summed E-state index contributed by atoms with van der Waals surface area (Å²) in [6.07, 6.45) is 3.11. The molecule has 0 bridgehead atoms. The Hall–Kier alpha value is -3.48. The number of aromatic nitrogens is 1. The molecule has 32 heavy (non-hydrogen) atoms. The Balaban J connectivity index is 1.45. The van der Waals surface area contributed by atoms with Crippen molar-refractivity contribution in [2.24, 2.45) is 0 Å². The van der Waals surface area contributed by atoms with E-state index in [9.17, 15) is 4.79 Å². The van der Waals surface area contributed by atoms with Crippen LogP contribution in [0.4, 0.5) is 5.69 Å². The first-order valence-electron chi connectivity index (χ1n) is 9.91. The van der Waals surface area contributed by atoms with Crippen molar-refractivity contribution in [1.82, 2.24) is 10.3 Å². The van der Waals surface area contributed by atoms with E-state index in [4.69, 9.17) is 28.2 Å². The Morgan fingerprint density at radius 2 is 1.84 bits per heavy atom. The molecule has 160 valence electrons. The summed E-state index contributed by atoms with van der Waals surface area (Å²) in [6.45, 7) is 3.97. The molecule has 5 nitrogen and oxygen atoms in total. The molecule has 0 unspecified atom stereocenters. The fraction of sp³-hybridized carbons (Fsp3) is 0.0800. The lowest BCUT2D eigenvalue weighted by atomic mass is 10.1. The lowest BCUT2D eigenvalue weighted by molar-refractivity contribution is -0.115. The molecule has 0 fully saturated rings. The van der Waals surface area contributed by atoms with Crippen LogP contribution in [-0.4, -0.2) is 16.0 Å². The van der Waals surface area contributed by atoms with Crippen LogP contribution in [0.3, 0.4) is 0 Å². The van der Waals surface area contributed by atoms with E-state index in [0.29, 0.717) is 10.9 Å². The molecule has 0 aliphatic carbocycles. The van der Waals surface area contributed by atoms with Gasteiger partial charge in [-0.1, -0.05) is 35.9 Å². The smallest absolute Gasteiger partial charge is 0.250 e. The molecular weight excluding hydrogens is 442 g/mol. The summed E-state index contributed by atoms with van der Waals surface area (Å²) in [7, 11) is 0. The van der Waals surface area contributed by atoms with Crippen molar-refractivity contribution < 1.29 is 9.21 Å². The van der Waals surface area contributed by atoms with Gasteiger partial charge >= 0.3 is 0 Å². The standard InChI is InChI=1S/C25H20ClN3O2S/c1-15-3-11-22-21(13-15)27-24(31-22)18-8-4-16(2)20(14-18)28-25(32)29-23(30)12-7-17-5-9-19(26)10-6-17/h3-14H,1-2H3,(H2,28,29,30,32)/b12-7+. The normalized spacial score (nSPS) is 11.1. The van der Waals surface area contributed by atoms with Crippen LogP contribution in [0.25, 0.3) is 28.6 Å². The van der Waals surface area contributed by atoms with Gasteiger partial charge in [0, 0.05) is 22.3 Å². The number of nitrogens with one attached hydrogen (secondary N) is 2. The number of carbonyl (C=O) groups is 1. The van der Waals surface area contributed by atoms with Gasteiger partial charge in [-0.15, -0.1) is 0 Å². The SMILES string of the molecule is Cc1ccc2oc(-c3ccc(C)c(NC(=S)NC(=O)/C=C/c4ccc(Cl)cc4)c3)nc2c1. The van der Waals surface area contributed by atoms with Gasteiger partial charge in [0.05, 0.1) is 0 Å². The summed E-state index contributed by atoms with van der Waals surface area (Å²) in [5.74, 6) is 0.190. The first-order valence-corrected chi connectivity index (χ1v) is 10.7. The molecule has 0 aliphatic heterocycles. The van der Waals surface area contributed by atoms with Crippen LogP contribution in [0, 0.1) is 13.8 Å². The highest BCUT2D eigenvalue weighted by atomic mass is 35.5. The monoisotopic (exact) mass is 461 g/mol. The maximum absolute atomic E-state index is 12.2. The van der Waals surface area contributed by atoms with Gasteiger partial charge in [-0.05, 0) is 85.2 Å². The molecule has 2 N–H and O–H groups in total. The zero-order chi connectivity index (χ0) is 22.7. The van der Waals surface area contributed by atoms with E-state index in [1.807, 2.05) is 62.4 Å². The number of carbonyl (C=O) groups excluding carboxylic acids is 1.